The lowest BCUT2D eigenvalue weighted by Gasteiger charge is -2.14. The van der Waals surface area contributed by atoms with Gasteiger partial charge in [0.25, 0.3) is 0 Å². The lowest BCUT2D eigenvalue weighted by atomic mass is 10.00. The van der Waals surface area contributed by atoms with Crippen LogP contribution in [0.25, 0.3) is 0 Å². The fourth-order valence-corrected chi connectivity index (χ4v) is 1.81. The van der Waals surface area contributed by atoms with Crippen LogP contribution in [0.2, 0.25) is 0 Å². The van der Waals surface area contributed by atoms with Crippen molar-refractivity contribution >= 4 is 11.8 Å². The van der Waals surface area contributed by atoms with Crippen molar-refractivity contribution in [2.75, 3.05) is 18.6 Å². The molecule has 0 aromatic rings. The van der Waals surface area contributed by atoms with Crippen LogP contribution in [-0.2, 0) is 0 Å². The Kier molecular flexibility index (Phi) is 6.24. The van der Waals surface area contributed by atoms with Gasteiger partial charge in [0.05, 0.1) is 0 Å². The molecule has 0 saturated carbocycles. The summed E-state index contributed by atoms with van der Waals surface area (Å²) < 4.78 is 0. The SMILES string of the molecule is CSCC(CO)CC(C)C. The summed E-state index contributed by atoms with van der Waals surface area (Å²) in [6.45, 7) is 4.74. The maximum absolute atomic E-state index is 8.89. The van der Waals surface area contributed by atoms with Crippen LogP contribution < -0.4 is 0 Å². The van der Waals surface area contributed by atoms with Gasteiger partial charge in [-0.2, -0.15) is 11.8 Å². The number of hydrogen-bond acceptors (Lipinski definition) is 2. The third kappa shape index (κ3) is 5.12. The van der Waals surface area contributed by atoms with Gasteiger partial charge in [-0.05, 0) is 30.3 Å². The van der Waals surface area contributed by atoms with Crippen molar-refractivity contribution in [3.63, 3.8) is 0 Å². The fourth-order valence-electron chi connectivity index (χ4n) is 1.10. The summed E-state index contributed by atoms with van der Waals surface area (Å²) in [6.07, 6.45) is 3.24. The van der Waals surface area contributed by atoms with E-state index in [0.717, 1.165) is 12.2 Å². The molecule has 1 unspecified atom stereocenters. The number of aliphatic hydroxyl groups is 1. The summed E-state index contributed by atoms with van der Waals surface area (Å²) in [6, 6.07) is 0. The normalized spacial score (nSPS) is 14.1. The molecule has 0 fully saturated rings. The van der Waals surface area contributed by atoms with Gasteiger partial charge < -0.3 is 5.11 Å². The van der Waals surface area contributed by atoms with Gasteiger partial charge in [-0.25, -0.2) is 0 Å². The van der Waals surface area contributed by atoms with Crippen molar-refractivity contribution in [3.8, 4) is 0 Å². The number of hydrogen-bond donors (Lipinski definition) is 1. The van der Waals surface area contributed by atoms with E-state index in [1.807, 2.05) is 11.8 Å². The molecule has 1 nitrogen and oxygen atoms in total. The summed E-state index contributed by atoms with van der Waals surface area (Å²) in [7, 11) is 0. The maximum atomic E-state index is 8.89. The van der Waals surface area contributed by atoms with E-state index in [2.05, 4.69) is 20.1 Å². The number of rotatable bonds is 5. The summed E-state index contributed by atoms with van der Waals surface area (Å²) >= 11 is 1.82. The van der Waals surface area contributed by atoms with Crippen LogP contribution in [0.4, 0.5) is 0 Å². The van der Waals surface area contributed by atoms with Crippen LogP contribution in [0.15, 0.2) is 0 Å². The lowest BCUT2D eigenvalue weighted by Crippen LogP contribution is -2.11. The highest BCUT2D eigenvalue weighted by Crippen LogP contribution is 2.14. The molecule has 1 atom stereocenters. The topological polar surface area (TPSA) is 20.2 Å². The van der Waals surface area contributed by atoms with Gasteiger partial charge in [-0.15, -0.1) is 0 Å². The van der Waals surface area contributed by atoms with Gasteiger partial charge in [0.15, 0.2) is 0 Å². The largest absolute Gasteiger partial charge is 0.396 e. The van der Waals surface area contributed by atoms with Gasteiger partial charge in [-0.3, -0.25) is 0 Å². The first-order valence-electron chi connectivity index (χ1n) is 3.80. The Bertz CT molecular complexity index is 73.7. The molecule has 0 spiro atoms. The summed E-state index contributed by atoms with van der Waals surface area (Å²) in [4.78, 5) is 0. The lowest BCUT2D eigenvalue weighted by molar-refractivity contribution is 0.221. The molecule has 62 valence electrons. The van der Waals surface area contributed by atoms with E-state index in [9.17, 15) is 0 Å². The molecule has 0 aromatic carbocycles. The highest BCUT2D eigenvalue weighted by atomic mass is 32.2. The summed E-state index contributed by atoms with van der Waals surface area (Å²) in [5, 5.41) is 8.89. The molecule has 0 saturated heterocycles. The molecule has 0 rings (SSSR count). The van der Waals surface area contributed by atoms with Crippen molar-refractivity contribution in [1.29, 1.82) is 0 Å². The monoisotopic (exact) mass is 162 g/mol. The van der Waals surface area contributed by atoms with Crippen molar-refractivity contribution in [3.05, 3.63) is 0 Å². The Morgan fingerprint density at radius 3 is 2.30 bits per heavy atom. The Balaban J connectivity index is 3.39. The van der Waals surface area contributed by atoms with Crippen molar-refractivity contribution < 1.29 is 5.11 Å². The summed E-state index contributed by atoms with van der Waals surface area (Å²) in [5.41, 5.74) is 0. The molecular formula is C8H18OS. The molecule has 1 N–H and O–H groups in total. The minimum atomic E-state index is 0.346. The molecule has 2 heteroatoms. The Labute approximate surface area is 68.2 Å². The van der Waals surface area contributed by atoms with Crippen molar-refractivity contribution in [1.82, 2.24) is 0 Å². The third-order valence-corrected chi connectivity index (χ3v) is 2.27. The van der Waals surface area contributed by atoms with E-state index in [0.29, 0.717) is 18.4 Å². The minimum absolute atomic E-state index is 0.346. The van der Waals surface area contributed by atoms with Gasteiger partial charge in [-0.1, -0.05) is 13.8 Å². The molecule has 0 aliphatic carbocycles. The maximum Gasteiger partial charge on any atom is 0.0467 e. The first-order valence-corrected chi connectivity index (χ1v) is 5.19. The van der Waals surface area contributed by atoms with E-state index in [1.165, 1.54) is 0 Å². The highest BCUT2D eigenvalue weighted by Gasteiger charge is 2.07. The van der Waals surface area contributed by atoms with E-state index < -0.39 is 0 Å². The first kappa shape index (κ1) is 10.3. The smallest absolute Gasteiger partial charge is 0.0467 e. The third-order valence-electron chi connectivity index (χ3n) is 1.47. The molecule has 0 heterocycles. The molecule has 0 aliphatic heterocycles. The van der Waals surface area contributed by atoms with E-state index in [1.54, 1.807) is 0 Å². The van der Waals surface area contributed by atoms with Crippen LogP contribution in [0.1, 0.15) is 20.3 Å². The quantitative estimate of drug-likeness (QED) is 0.667. The fraction of sp³-hybridized carbons (Fsp3) is 1.00. The van der Waals surface area contributed by atoms with Crippen molar-refractivity contribution in [2.24, 2.45) is 11.8 Å². The Morgan fingerprint density at radius 1 is 1.40 bits per heavy atom. The zero-order chi connectivity index (χ0) is 7.98. The molecule has 0 amide bonds. The van der Waals surface area contributed by atoms with Gasteiger partial charge in [0.2, 0.25) is 0 Å². The standard InChI is InChI=1S/C8H18OS/c1-7(2)4-8(5-9)6-10-3/h7-9H,4-6H2,1-3H3. The van der Waals surface area contributed by atoms with Crippen LogP contribution in [0.3, 0.4) is 0 Å². The van der Waals surface area contributed by atoms with Crippen LogP contribution >= 0.6 is 11.8 Å². The van der Waals surface area contributed by atoms with E-state index in [4.69, 9.17) is 5.11 Å². The minimum Gasteiger partial charge on any atom is -0.396 e. The van der Waals surface area contributed by atoms with Crippen LogP contribution in [-0.4, -0.2) is 23.7 Å². The average molecular weight is 162 g/mol. The van der Waals surface area contributed by atoms with Gasteiger partial charge >= 0.3 is 0 Å². The van der Waals surface area contributed by atoms with Gasteiger partial charge in [0, 0.05) is 6.61 Å². The van der Waals surface area contributed by atoms with Crippen LogP contribution in [0, 0.1) is 11.8 Å². The predicted molar refractivity (Wildman–Crippen MR) is 48.4 cm³/mol. The highest BCUT2D eigenvalue weighted by molar-refractivity contribution is 7.98. The Hall–Kier alpha value is 0.310. The molecule has 10 heavy (non-hydrogen) atoms. The van der Waals surface area contributed by atoms with Crippen LogP contribution in [0.5, 0.6) is 0 Å². The first-order chi connectivity index (χ1) is 4.70. The second-order valence-corrected chi connectivity index (χ2v) is 4.04. The predicted octanol–water partition coefficient (Wildman–Crippen LogP) is 2.00. The zero-order valence-corrected chi connectivity index (χ0v) is 7.95. The molecule has 0 radical (unpaired) electrons. The number of thioether (sulfide) groups is 1. The molecule has 0 aromatic heterocycles. The van der Waals surface area contributed by atoms with E-state index in [-0.39, 0.29) is 0 Å². The number of aliphatic hydroxyl groups excluding tert-OH is 1. The second kappa shape index (κ2) is 6.05. The average Bonchev–Trinajstić information content (AvgIpc) is 1.86. The van der Waals surface area contributed by atoms with E-state index >= 15 is 0 Å². The molecule has 0 bridgehead atoms. The molecular weight excluding hydrogens is 144 g/mol. The second-order valence-electron chi connectivity index (χ2n) is 3.13. The van der Waals surface area contributed by atoms with Gasteiger partial charge in [0.1, 0.15) is 0 Å². The summed E-state index contributed by atoms with van der Waals surface area (Å²) in [5.74, 6) is 2.31. The Morgan fingerprint density at radius 2 is 2.00 bits per heavy atom. The zero-order valence-electron chi connectivity index (χ0n) is 7.13. The molecule has 0 aliphatic rings. The van der Waals surface area contributed by atoms with Crippen molar-refractivity contribution in [2.45, 2.75) is 20.3 Å².